The number of nitrogens with zero attached hydrogens (tertiary/aromatic N) is 2. The molecule has 138 valence electrons. The summed E-state index contributed by atoms with van der Waals surface area (Å²) in [6.07, 6.45) is 3.80. The molecule has 1 aliphatic rings. The van der Waals surface area contributed by atoms with Gasteiger partial charge in [0, 0.05) is 24.0 Å². The van der Waals surface area contributed by atoms with E-state index in [1.54, 1.807) is 0 Å². The highest BCUT2D eigenvalue weighted by Crippen LogP contribution is 2.35. The fraction of sp³-hybridized carbons (Fsp3) is 0.444. The summed E-state index contributed by atoms with van der Waals surface area (Å²) in [5.74, 6) is 0.788. The lowest BCUT2D eigenvalue weighted by atomic mass is 10.1. The number of imidazole rings is 1. The van der Waals surface area contributed by atoms with Crippen molar-refractivity contribution in [1.29, 1.82) is 5.26 Å². The number of aromatic nitrogens is 2. The number of aromatic amines is 1. The molecular formula is C18H23IN6O. The Hall–Kier alpha value is -1.99. The van der Waals surface area contributed by atoms with Crippen molar-refractivity contribution in [3.63, 3.8) is 0 Å². The van der Waals surface area contributed by atoms with Crippen molar-refractivity contribution in [3.8, 4) is 17.3 Å². The summed E-state index contributed by atoms with van der Waals surface area (Å²) < 4.78 is 11.8. The molecule has 8 heteroatoms. The number of alkyl halides is 1. The van der Waals surface area contributed by atoms with Gasteiger partial charge in [-0.25, -0.2) is 4.98 Å². The zero-order valence-corrected chi connectivity index (χ0v) is 17.1. The van der Waals surface area contributed by atoms with E-state index in [9.17, 15) is 8.33 Å². The van der Waals surface area contributed by atoms with Gasteiger partial charge in [-0.2, -0.15) is 5.26 Å². The molecule has 7 nitrogen and oxygen atoms in total. The Kier molecular flexibility index (Phi) is 6.21. The molecule has 1 aliphatic heterocycles. The Morgan fingerprint density at radius 3 is 2.81 bits per heavy atom. The first kappa shape index (κ1) is 18.8. The lowest BCUT2D eigenvalue weighted by Crippen LogP contribution is -2.19. The SMILES string of the molecule is CNc1ccc2c(c1)N[C@@H](I=O)CCCC[C@H](NC)c1nc(C#N)c-2[nH]1. The van der Waals surface area contributed by atoms with Gasteiger partial charge < -0.3 is 20.9 Å². The van der Waals surface area contributed by atoms with Crippen LogP contribution in [0.25, 0.3) is 11.3 Å². The highest BCUT2D eigenvalue weighted by atomic mass is 127. The Morgan fingerprint density at radius 1 is 1.31 bits per heavy atom. The van der Waals surface area contributed by atoms with E-state index in [0.717, 1.165) is 48.4 Å². The van der Waals surface area contributed by atoms with Crippen molar-refractivity contribution >= 4 is 32.6 Å². The molecular weight excluding hydrogens is 443 g/mol. The van der Waals surface area contributed by atoms with Crippen LogP contribution in [0.4, 0.5) is 11.4 Å². The Morgan fingerprint density at radius 2 is 2.12 bits per heavy atom. The molecule has 0 saturated heterocycles. The van der Waals surface area contributed by atoms with Gasteiger partial charge in [-0.05, 0) is 38.1 Å². The third-order valence-electron chi connectivity index (χ3n) is 4.70. The first-order valence-corrected chi connectivity index (χ1v) is 10.8. The third-order valence-corrected chi connectivity index (χ3v) is 6.25. The second-order valence-electron chi connectivity index (χ2n) is 6.29. The van der Waals surface area contributed by atoms with Gasteiger partial charge in [0.1, 0.15) is 15.9 Å². The topological polar surface area (TPSA) is 106 Å². The number of anilines is 2. The first-order valence-electron chi connectivity index (χ1n) is 8.71. The molecule has 0 radical (unpaired) electrons. The smallest absolute Gasteiger partial charge is 0.169 e. The second-order valence-corrected chi connectivity index (χ2v) is 8.31. The molecule has 0 spiro atoms. The van der Waals surface area contributed by atoms with Gasteiger partial charge in [0.15, 0.2) is 26.9 Å². The van der Waals surface area contributed by atoms with Crippen LogP contribution in [-0.4, -0.2) is 28.1 Å². The number of fused-ring (bicyclic) bond motifs is 4. The van der Waals surface area contributed by atoms with Crippen LogP contribution in [0.15, 0.2) is 18.2 Å². The summed E-state index contributed by atoms with van der Waals surface area (Å²) in [7, 11) is 3.77. The van der Waals surface area contributed by atoms with Crippen LogP contribution >= 0.6 is 21.2 Å². The van der Waals surface area contributed by atoms with Crippen LogP contribution in [-0.2, 0) is 3.07 Å². The summed E-state index contributed by atoms with van der Waals surface area (Å²) in [5.41, 5.74) is 3.78. The maximum atomic E-state index is 11.8. The number of nitriles is 1. The largest absolute Gasteiger partial charge is 0.388 e. The van der Waals surface area contributed by atoms with E-state index in [0.29, 0.717) is 11.4 Å². The van der Waals surface area contributed by atoms with E-state index in [-0.39, 0.29) is 10.1 Å². The van der Waals surface area contributed by atoms with Crippen molar-refractivity contribution in [2.24, 2.45) is 0 Å². The lowest BCUT2D eigenvalue weighted by Gasteiger charge is -2.19. The number of hydrogen-bond donors (Lipinski definition) is 4. The second kappa shape index (κ2) is 8.60. The average molecular weight is 466 g/mol. The van der Waals surface area contributed by atoms with E-state index in [1.165, 1.54) is 0 Å². The minimum Gasteiger partial charge on any atom is -0.388 e. The van der Waals surface area contributed by atoms with Crippen LogP contribution in [0.1, 0.15) is 43.2 Å². The molecule has 1 aromatic carbocycles. The van der Waals surface area contributed by atoms with Gasteiger partial charge in [-0.3, -0.25) is 3.07 Å². The maximum absolute atomic E-state index is 11.8. The van der Waals surface area contributed by atoms with Crippen molar-refractivity contribution < 1.29 is 3.07 Å². The molecule has 1 aromatic heterocycles. The van der Waals surface area contributed by atoms with E-state index in [2.05, 4.69) is 32.0 Å². The van der Waals surface area contributed by atoms with Crippen molar-refractivity contribution in [2.45, 2.75) is 35.8 Å². The van der Waals surface area contributed by atoms with Crippen LogP contribution < -0.4 is 16.0 Å². The Bertz CT molecular complexity index is 828. The number of H-pyrrole nitrogens is 1. The molecule has 0 aliphatic carbocycles. The highest BCUT2D eigenvalue weighted by molar-refractivity contribution is 14.1. The van der Waals surface area contributed by atoms with Gasteiger partial charge in [0.2, 0.25) is 0 Å². The predicted molar refractivity (Wildman–Crippen MR) is 111 cm³/mol. The minimum absolute atomic E-state index is 0.0277. The minimum atomic E-state index is -1.19. The van der Waals surface area contributed by atoms with E-state index in [1.807, 2.05) is 32.3 Å². The predicted octanol–water partition coefficient (Wildman–Crippen LogP) is 3.88. The van der Waals surface area contributed by atoms with Crippen molar-refractivity contribution in [1.82, 2.24) is 15.3 Å². The molecule has 26 heavy (non-hydrogen) atoms. The third kappa shape index (κ3) is 3.88. The molecule has 4 N–H and O–H groups in total. The zero-order chi connectivity index (χ0) is 18.5. The fourth-order valence-corrected chi connectivity index (χ4v) is 4.42. The molecule has 0 amide bonds. The quantitative estimate of drug-likeness (QED) is 0.311. The standard InChI is InChI=1S/C18H23IN6O/c1-21-11-7-8-12-14(9-11)23-16(19-26)6-4-3-5-13(22-2)18-24-15(10-20)17(12)25-18/h7-9,13,16,21-23H,3-6H2,1-2H3,(H,24,25)/t13-,16+/m0/s1. The van der Waals surface area contributed by atoms with Gasteiger partial charge in [0.05, 0.1) is 11.7 Å². The summed E-state index contributed by atoms with van der Waals surface area (Å²) in [5, 5.41) is 19.4. The van der Waals surface area contributed by atoms with E-state index < -0.39 is 21.2 Å². The highest BCUT2D eigenvalue weighted by Gasteiger charge is 2.22. The van der Waals surface area contributed by atoms with Crippen LogP contribution in [0, 0.1) is 11.3 Å². The molecule has 3 rings (SSSR count). The maximum Gasteiger partial charge on any atom is 0.169 e. The molecule has 0 fully saturated rings. The summed E-state index contributed by atoms with van der Waals surface area (Å²) in [4.78, 5) is 7.88. The molecule has 0 saturated carbocycles. The molecule has 2 bridgehead atoms. The van der Waals surface area contributed by atoms with Gasteiger partial charge in [-0.1, -0.05) is 12.8 Å². The molecule has 2 atom stereocenters. The Balaban J connectivity index is 2.16. The lowest BCUT2D eigenvalue weighted by molar-refractivity contribution is 0.490. The monoisotopic (exact) mass is 466 g/mol. The van der Waals surface area contributed by atoms with Gasteiger partial charge >= 0.3 is 0 Å². The van der Waals surface area contributed by atoms with Crippen LogP contribution in [0.3, 0.4) is 0 Å². The fourth-order valence-electron chi connectivity index (χ4n) is 3.27. The average Bonchev–Trinajstić information content (AvgIpc) is 3.10. The van der Waals surface area contributed by atoms with Gasteiger partial charge in [-0.15, -0.1) is 0 Å². The van der Waals surface area contributed by atoms with Gasteiger partial charge in [0.25, 0.3) is 0 Å². The summed E-state index contributed by atoms with van der Waals surface area (Å²) in [6, 6.07) is 8.20. The number of nitrogens with one attached hydrogen (secondary N) is 4. The summed E-state index contributed by atoms with van der Waals surface area (Å²) in [6.45, 7) is 0. The number of hydrogen-bond acceptors (Lipinski definition) is 6. The summed E-state index contributed by atoms with van der Waals surface area (Å²) >= 11 is -1.19. The number of rotatable bonds is 3. The number of halogens is 1. The zero-order valence-electron chi connectivity index (χ0n) is 14.9. The van der Waals surface area contributed by atoms with Crippen LogP contribution in [0.2, 0.25) is 0 Å². The molecule has 2 aromatic rings. The molecule has 2 heterocycles. The van der Waals surface area contributed by atoms with E-state index >= 15 is 0 Å². The molecule has 0 unspecified atom stereocenters. The van der Waals surface area contributed by atoms with Crippen molar-refractivity contribution in [2.75, 3.05) is 24.7 Å². The number of benzene rings is 1. The van der Waals surface area contributed by atoms with E-state index in [4.69, 9.17) is 0 Å². The first-order chi connectivity index (χ1) is 12.7. The normalized spacial score (nSPS) is 20.0. The Labute approximate surface area is 163 Å². The van der Waals surface area contributed by atoms with Crippen LogP contribution in [0.5, 0.6) is 0 Å². The van der Waals surface area contributed by atoms with Crippen molar-refractivity contribution in [3.05, 3.63) is 29.7 Å².